The number of alkyl halides is 2. The largest absolute Gasteiger partial charge is 0.507 e. The zero-order valence-electron chi connectivity index (χ0n) is 16.2. The summed E-state index contributed by atoms with van der Waals surface area (Å²) in [6, 6.07) is 5.08. The van der Waals surface area contributed by atoms with Gasteiger partial charge in [-0.1, -0.05) is 64.1 Å². The van der Waals surface area contributed by atoms with Crippen molar-refractivity contribution in [1.82, 2.24) is 4.90 Å². The van der Waals surface area contributed by atoms with E-state index < -0.39 is 0 Å². The van der Waals surface area contributed by atoms with Gasteiger partial charge in [-0.25, -0.2) is 0 Å². The fraction of sp³-hybridized carbons (Fsp3) is 0.667. The highest BCUT2D eigenvalue weighted by Gasteiger charge is 2.29. The predicted octanol–water partition coefficient (Wildman–Crippen LogP) is 5.90. The first kappa shape index (κ1) is 22.4. The number of aryl methyl sites for hydroxylation is 2. The van der Waals surface area contributed by atoms with Crippen molar-refractivity contribution < 1.29 is 5.11 Å². The summed E-state index contributed by atoms with van der Waals surface area (Å²) in [6.45, 7) is 4.23. The Bertz CT molecular complexity index is 604. The number of phenols is 1. The Labute approximate surface area is 186 Å². The Morgan fingerprint density at radius 1 is 1.31 bits per heavy atom. The number of benzene rings is 1. The number of unbranched alkanes of at least 4 members (excludes halogenated alkanes) is 1. The summed E-state index contributed by atoms with van der Waals surface area (Å²) < 4.78 is 1.71. The number of aliphatic imine (C=N–C) groups is 1. The number of nitrogens with zero attached hydrogens (tertiary/aromatic N) is 2. The summed E-state index contributed by atoms with van der Waals surface area (Å²) >= 11 is 4.92. The minimum absolute atomic E-state index is 0.327. The molecule has 3 atom stereocenters. The number of hydrogen-bond donors (Lipinski definition) is 1. The molecular formula is C21H32I2N2O. The molecule has 0 aliphatic heterocycles. The Kier molecular flexibility index (Phi) is 9.64. The van der Waals surface area contributed by atoms with Gasteiger partial charge >= 0.3 is 0 Å². The molecule has 0 saturated heterocycles. The van der Waals surface area contributed by atoms with Crippen molar-refractivity contribution in [2.75, 3.05) is 11.5 Å². The van der Waals surface area contributed by atoms with E-state index in [1.165, 1.54) is 42.1 Å². The molecule has 0 bridgehead atoms. The SMILES string of the molecule is Cc1cc(CCCCI)cc(C=NC2CCCCC2N(C)C(C)I)c1O. The molecule has 26 heavy (non-hydrogen) atoms. The molecule has 1 saturated carbocycles. The van der Waals surface area contributed by atoms with E-state index in [1.54, 1.807) is 0 Å². The minimum Gasteiger partial charge on any atom is -0.507 e. The summed E-state index contributed by atoms with van der Waals surface area (Å²) in [4.78, 5) is 7.40. The van der Waals surface area contributed by atoms with Crippen molar-refractivity contribution in [2.24, 2.45) is 4.99 Å². The first-order valence-electron chi connectivity index (χ1n) is 9.71. The van der Waals surface area contributed by atoms with Crippen LogP contribution < -0.4 is 0 Å². The summed E-state index contributed by atoms with van der Waals surface area (Å²) in [7, 11) is 2.21. The zero-order valence-corrected chi connectivity index (χ0v) is 20.5. The third-order valence-electron chi connectivity index (χ3n) is 5.42. The van der Waals surface area contributed by atoms with E-state index in [2.05, 4.69) is 76.2 Å². The molecule has 2 rings (SSSR count). The summed E-state index contributed by atoms with van der Waals surface area (Å²) in [5, 5.41) is 10.5. The van der Waals surface area contributed by atoms with Gasteiger partial charge in [0, 0.05) is 17.8 Å². The molecule has 1 aromatic rings. The van der Waals surface area contributed by atoms with Gasteiger partial charge in [-0.3, -0.25) is 9.89 Å². The van der Waals surface area contributed by atoms with Crippen molar-refractivity contribution >= 4 is 51.4 Å². The maximum absolute atomic E-state index is 10.5. The van der Waals surface area contributed by atoms with Gasteiger partial charge in [-0.15, -0.1) is 0 Å². The molecule has 0 radical (unpaired) electrons. The van der Waals surface area contributed by atoms with E-state index in [-0.39, 0.29) is 0 Å². The number of hydrogen-bond acceptors (Lipinski definition) is 3. The van der Waals surface area contributed by atoms with Crippen LogP contribution in [0.4, 0.5) is 0 Å². The van der Waals surface area contributed by atoms with Crippen LogP contribution >= 0.6 is 45.2 Å². The predicted molar refractivity (Wildman–Crippen MR) is 130 cm³/mol. The van der Waals surface area contributed by atoms with Gasteiger partial charge in [0.1, 0.15) is 5.75 Å². The summed E-state index contributed by atoms with van der Waals surface area (Å²) in [5.74, 6) is 0.384. The van der Waals surface area contributed by atoms with Crippen molar-refractivity contribution in [2.45, 2.75) is 74.9 Å². The van der Waals surface area contributed by atoms with E-state index in [1.807, 2.05) is 13.1 Å². The van der Waals surface area contributed by atoms with Crippen LogP contribution in [0.5, 0.6) is 5.75 Å². The lowest BCUT2D eigenvalue weighted by Gasteiger charge is -2.37. The van der Waals surface area contributed by atoms with Crippen molar-refractivity contribution in [1.29, 1.82) is 0 Å². The van der Waals surface area contributed by atoms with Crippen LogP contribution in [0.3, 0.4) is 0 Å². The monoisotopic (exact) mass is 582 g/mol. The summed E-state index contributed by atoms with van der Waals surface area (Å²) in [5.41, 5.74) is 3.14. The number of aromatic hydroxyl groups is 1. The van der Waals surface area contributed by atoms with E-state index in [0.717, 1.165) is 24.0 Å². The molecule has 0 heterocycles. The maximum Gasteiger partial charge on any atom is 0.127 e. The fourth-order valence-electron chi connectivity index (χ4n) is 3.73. The Morgan fingerprint density at radius 2 is 2.04 bits per heavy atom. The Hall–Kier alpha value is 0.110. The average molecular weight is 582 g/mol. The lowest BCUT2D eigenvalue weighted by Crippen LogP contribution is -2.44. The van der Waals surface area contributed by atoms with E-state index >= 15 is 0 Å². The zero-order chi connectivity index (χ0) is 19.1. The molecule has 3 nitrogen and oxygen atoms in total. The quantitative estimate of drug-likeness (QED) is 0.136. The molecule has 0 aromatic heterocycles. The Morgan fingerprint density at radius 3 is 2.73 bits per heavy atom. The van der Waals surface area contributed by atoms with Crippen LogP contribution in [-0.4, -0.2) is 43.8 Å². The topological polar surface area (TPSA) is 35.8 Å². The summed E-state index contributed by atoms with van der Waals surface area (Å²) in [6.07, 6.45) is 10.4. The van der Waals surface area contributed by atoms with Crippen molar-refractivity contribution in [3.63, 3.8) is 0 Å². The standard InChI is InChI=1S/C21H32I2N2O/c1-15-12-17(8-6-7-11-22)13-18(21(15)26)14-24-19-9-4-5-10-20(19)25(3)16(2)23/h12-14,16,19-20,26H,4-11H2,1-3H3. The van der Waals surface area contributed by atoms with Crippen LogP contribution in [0.25, 0.3) is 0 Å². The maximum atomic E-state index is 10.5. The lowest BCUT2D eigenvalue weighted by atomic mass is 9.89. The molecule has 146 valence electrons. The lowest BCUT2D eigenvalue weighted by molar-refractivity contribution is 0.171. The molecule has 1 fully saturated rings. The highest BCUT2D eigenvalue weighted by molar-refractivity contribution is 14.1. The van der Waals surface area contributed by atoms with Crippen molar-refractivity contribution in [3.05, 3.63) is 28.8 Å². The number of rotatable bonds is 8. The van der Waals surface area contributed by atoms with Gasteiger partial charge in [0.05, 0.1) is 10.1 Å². The molecule has 3 unspecified atom stereocenters. The van der Waals surface area contributed by atoms with Gasteiger partial charge in [-0.05, 0) is 74.6 Å². The molecule has 0 amide bonds. The number of phenolic OH excluding ortho intramolecular Hbond substituents is 1. The van der Waals surface area contributed by atoms with Crippen LogP contribution in [0, 0.1) is 6.92 Å². The van der Waals surface area contributed by atoms with E-state index in [0.29, 0.717) is 21.9 Å². The van der Waals surface area contributed by atoms with Crippen molar-refractivity contribution in [3.8, 4) is 5.75 Å². The second-order valence-electron chi connectivity index (χ2n) is 7.43. The van der Waals surface area contributed by atoms with Crippen LogP contribution in [0.1, 0.15) is 62.1 Å². The van der Waals surface area contributed by atoms with E-state index in [9.17, 15) is 5.11 Å². The van der Waals surface area contributed by atoms with Gasteiger partial charge in [0.2, 0.25) is 0 Å². The average Bonchev–Trinajstić information content (AvgIpc) is 2.63. The fourth-order valence-corrected chi connectivity index (χ4v) is 4.68. The minimum atomic E-state index is 0.327. The van der Waals surface area contributed by atoms with Crippen LogP contribution in [0.2, 0.25) is 0 Å². The smallest absolute Gasteiger partial charge is 0.127 e. The molecule has 1 N–H and O–H groups in total. The van der Waals surface area contributed by atoms with Gasteiger partial charge in [-0.2, -0.15) is 0 Å². The Balaban J connectivity index is 2.16. The van der Waals surface area contributed by atoms with Crippen LogP contribution in [-0.2, 0) is 6.42 Å². The second kappa shape index (κ2) is 11.2. The second-order valence-corrected chi connectivity index (χ2v) is 10.3. The third kappa shape index (κ3) is 6.33. The molecule has 5 heteroatoms. The van der Waals surface area contributed by atoms with Gasteiger partial charge in [0.15, 0.2) is 0 Å². The van der Waals surface area contributed by atoms with E-state index in [4.69, 9.17) is 4.99 Å². The number of halogens is 2. The highest BCUT2D eigenvalue weighted by Crippen LogP contribution is 2.28. The molecule has 0 spiro atoms. The molecular weight excluding hydrogens is 550 g/mol. The first-order chi connectivity index (χ1) is 12.4. The number of likely N-dealkylation sites (N-methyl/N-ethyl adjacent to an activating group) is 1. The highest BCUT2D eigenvalue weighted by atomic mass is 127. The normalized spacial score (nSPS) is 22.2. The van der Waals surface area contributed by atoms with Gasteiger partial charge in [0.25, 0.3) is 0 Å². The molecule has 1 aromatic carbocycles. The van der Waals surface area contributed by atoms with Gasteiger partial charge < -0.3 is 5.11 Å². The first-order valence-corrected chi connectivity index (χ1v) is 12.5. The molecule has 1 aliphatic rings. The molecule has 1 aliphatic carbocycles. The van der Waals surface area contributed by atoms with Crippen LogP contribution in [0.15, 0.2) is 17.1 Å². The third-order valence-corrected chi connectivity index (χ3v) is 7.06.